The first-order chi connectivity index (χ1) is 7.92. The second-order valence-corrected chi connectivity index (χ2v) is 5.37. The van der Waals surface area contributed by atoms with E-state index in [1.807, 2.05) is 36.4 Å². The predicted molar refractivity (Wildman–Crippen MR) is 72.5 cm³/mol. The molecule has 1 heteroatoms. The molecule has 1 aromatic carbocycles. The van der Waals surface area contributed by atoms with Crippen molar-refractivity contribution in [3.05, 3.63) is 48.6 Å². The lowest BCUT2D eigenvalue weighted by Crippen LogP contribution is -2.44. The van der Waals surface area contributed by atoms with E-state index >= 15 is 0 Å². The number of allylic oxidation sites excluding steroid dienone is 1. The SMILES string of the molecule is C=CC(C)(C)C(C#N)(c1ccccc1)C(C)C. The molecule has 0 aliphatic heterocycles. The van der Waals surface area contributed by atoms with E-state index in [1.54, 1.807) is 0 Å². The summed E-state index contributed by atoms with van der Waals surface area (Å²) in [7, 11) is 0. The maximum absolute atomic E-state index is 9.77. The summed E-state index contributed by atoms with van der Waals surface area (Å²) in [5.74, 6) is 0.225. The van der Waals surface area contributed by atoms with Crippen LogP contribution in [-0.2, 0) is 5.41 Å². The lowest BCUT2D eigenvalue weighted by atomic mass is 9.57. The van der Waals surface area contributed by atoms with Crippen molar-refractivity contribution in [1.29, 1.82) is 5.26 Å². The molecule has 17 heavy (non-hydrogen) atoms. The highest BCUT2D eigenvalue weighted by Gasteiger charge is 2.47. The summed E-state index contributed by atoms with van der Waals surface area (Å²) in [6.07, 6.45) is 1.89. The zero-order valence-electron chi connectivity index (χ0n) is 11.2. The molecule has 0 aliphatic carbocycles. The van der Waals surface area contributed by atoms with Gasteiger partial charge in [0.1, 0.15) is 0 Å². The number of hydrogen-bond donors (Lipinski definition) is 0. The van der Waals surface area contributed by atoms with Gasteiger partial charge in [0.15, 0.2) is 0 Å². The van der Waals surface area contributed by atoms with E-state index in [-0.39, 0.29) is 11.3 Å². The molecule has 90 valence electrons. The Balaban J connectivity index is 3.51. The molecule has 0 aromatic heterocycles. The molecule has 0 amide bonds. The van der Waals surface area contributed by atoms with E-state index in [0.717, 1.165) is 5.56 Å². The van der Waals surface area contributed by atoms with Crippen LogP contribution in [0.25, 0.3) is 0 Å². The number of benzene rings is 1. The molecule has 0 radical (unpaired) electrons. The molecule has 1 nitrogen and oxygen atoms in total. The minimum atomic E-state index is -0.532. The summed E-state index contributed by atoms with van der Waals surface area (Å²) in [6.45, 7) is 12.3. The minimum Gasteiger partial charge on any atom is -0.197 e. The van der Waals surface area contributed by atoms with Crippen molar-refractivity contribution in [2.75, 3.05) is 0 Å². The van der Waals surface area contributed by atoms with Crippen molar-refractivity contribution in [2.24, 2.45) is 11.3 Å². The number of nitriles is 1. The monoisotopic (exact) mass is 227 g/mol. The van der Waals surface area contributed by atoms with E-state index in [0.29, 0.717) is 0 Å². The fraction of sp³-hybridized carbons (Fsp3) is 0.438. The van der Waals surface area contributed by atoms with Crippen LogP contribution in [0.1, 0.15) is 33.3 Å². The van der Waals surface area contributed by atoms with Crippen LogP contribution in [0.5, 0.6) is 0 Å². The summed E-state index contributed by atoms with van der Waals surface area (Å²) < 4.78 is 0. The Morgan fingerprint density at radius 3 is 2.12 bits per heavy atom. The molecule has 0 spiro atoms. The summed E-state index contributed by atoms with van der Waals surface area (Å²) >= 11 is 0. The molecule has 0 N–H and O–H groups in total. The van der Waals surface area contributed by atoms with Gasteiger partial charge in [0.25, 0.3) is 0 Å². The summed E-state index contributed by atoms with van der Waals surface area (Å²) in [5.41, 5.74) is 0.273. The Labute approximate surface area is 105 Å². The van der Waals surface area contributed by atoms with Gasteiger partial charge >= 0.3 is 0 Å². The highest BCUT2D eigenvalue weighted by atomic mass is 14.5. The van der Waals surface area contributed by atoms with Crippen molar-refractivity contribution >= 4 is 0 Å². The first-order valence-corrected chi connectivity index (χ1v) is 6.02. The molecule has 0 fully saturated rings. The van der Waals surface area contributed by atoms with Gasteiger partial charge in [0, 0.05) is 5.41 Å². The Hall–Kier alpha value is -1.55. The third kappa shape index (κ3) is 2.00. The normalized spacial score (nSPS) is 15.1. The van der Waals surface area contributed by atoms with Crippen molar-refractivity contribution in [2.45, 2.75) is 33.1 Å². The van der Waals surface area contributed by atoms with Gasteiger partial charge in [-0.05, 0) is 11.5 Å². The van der Waals surface area contributed by atoms with Gasteiger partial charge in [-0.15, -0.1) is 6.58 Å². The topological polar surface area (TPSA) is 23.8 Å². The van der Waals surface area contributed by atoms with Gasteiger partial charge in [0.2, 0.25) is 0 Å². The zero-order chi connectivity index (χ0) is 13.1. The smallest absolute Gasteiger partial charge is 0.0929 e. The van der Waals surface area contributed by atoms with Crippen molar-refractivity contribution < 1.29 is 0 Å². The number of nitrogens with zero attached hydrogens (tertiary/aromatic N) is 1. The van der Waals surface area contributed by atoms with Gasteiger partial charge in [-0.2, -0.15) is 5.26 Å². The van der Waals surface area contributed by atoms with Crippen LogP contribution < -0.4 is 0 Å². The molecular weight excluding hydrogens is 206 g/mol. The average molecular weight is 227 g/mol. The van der Waals surface area contributed by atoms with Gasteiger partial charge in [-0.3, -0.25) is 0 Å². The van der Waals surface area contributed by atoms with Crippen LogP contribution in [0.15, 0.2) is 43.0 Å². The highest BCUT2D eigenvalue weighted by molar-refractivity contribution is 5.38. The summed E-state index contributed by atoms with van der Waals surface area (Å²) in [5, 5.41) is 9.77. The largest absolute Gasteiger partial charge is 0.197 e. The van der Waals surface area contributed by atoms with Crippen LogP contribution in [0.2, 0.25) is 0 Å². The molecule has 0 aliphatic rings. The average Bonchev–Trinajstić information content (AvgIpc) is 2.31. The van der Waals surface area contributed by atoms with Gasteiger partial charge < -0.3 is 0 Å². The van der Waals surface area contributed by atoms with E-state index in [1.165, 1.54) is 0 Å². The first kappa shape index (κ1) is 13.5. The van der Waals surface area contributed by atoms with Gasteiger partial charge in [0.05, 0.1) is 11.5 Å². The molecule has 0 bridgehead atoms. The number of hydrogen-bond acceptors (Lipinski definition) is 1. The standard InChI is InChI=1S/C16H21N/c1-6-15(4,5)16(12-17,13(2)3)14-10-8-7-9-11-14/h6-11,13H,1H2,2-5H3. The zero-order valence-corrected chi connectivity index (χ0v) is 11.2. The molecule has 0 saturated heterocycles. The minimum absolute atomic E-state index is 0.225. The van der Waals surface area contributed by atoms with Crippen molar-refractivity contribution in [3.63, 3.8) is 0 Å². The number of rotatable bonds is 4. The van der Waals surface area contributed by atoms with E-state index < -0.39 is 5.41 Å². The Kier molecular flexibility index (Phi) is 3.78. The molecule has 1 unspecified atom stereocenters. The molecule has 0 heterocycles. The third-order valence-corrected chi connectivity index (χ3v) is 3.80. The second kappa shape index (κ2) is 4.75. The van der Waals surface area contributed by atoms with Crippen molar-refractivity contribution in [3.8, 4) is 6.07 Å². The van der Waals surface area contributed by atoms with E-state index in [9.17, 15) is 5.26 Å². The summed E-state index contributed by atoms with van der Waals surface area (Å²) in [6, 6.07) is 12.6. The fourth-order valence-electron chi connectivity index (χ4n) is 2.65. The van der Waals surface area contributed by atoms with Gasteiger partial charge in [-0.1, -0.05) is 64.1 Å². The predicted octanol–water partition coefficient (Wildman–Crippen LogP) is 4.32. The quantitative estimate of drug-likeness (QED) is 0.703. The molecular formula is C16H21N. The lowest BCUT2D eigenvalue weighted by Gasteiger charge is -2.43. The molecule has 1 rings (SSSR count). The maximum atomic E-state index is 9.77. The van der Waals surface area contributed by atoms with Crippen molar-refractivity contribution in [1.82, 2.24) is 0 Å². The maximum Gasteiger partial charge on any atom is 0.0929 e. The second-order valence-electron chi connectivity index (χ2n) is 5.37. The van der Waals surface area contributed by atoms with Crippen LogP contribution >= 0.6 is 0 Å². The highest BCUT2D eigenvalue weighted by Crippen LogP contribution is 2.47. The Bertz CT molecular complexity index is 423. The molecule has 1 aromatic rings. The third-order valence-electron chi connectivity index (χ3n) is 3.80. The molecule has 0 saturated carbocycles. The van der Waals surface area contributed by atoms with Crippen LogP contribution in [0, 0.1) is 22.7 Å². The summed E-state index contributed by atoms with van der Waals surface area (Å²) in [4.78, 5) is 0. The van der Waals surface area contributed by atoms with Crippen LogP contribution in [0.4, 0.5) is 0 Å². The Morgan fingerprint density at radius 2 is 1.76 bits per heavy atom. The van der Waals surface area contributed by atoms with E-state index in [2.05, 4.69) is 40.3 Å². The van der Waals surface area contributed by atoms with Crippen LogP contribution in [0.3, 0.4) is 0 Å². The Morgan fingerprint density at radius 1 is 1.24 bits per heavy atom. The van der Waals surface area contributed by atoms with Gasteiger partial charge in [-0.25, -0.2) is 0 Å². The van der Waals surface area contributed by atoms with Crippen LogP contribution in [-0.4, -0.2) is 0 Å². The molecule has 1 atom stereocenters. The first-order valence-electron chi connectivity index (χ1n) is 6.02. The van der Waals surface area contributed by atoms with E-state index in [4.69, 9.17) is 0 Å². The fourth-order valence-corrected chi connectivity index (χ4v) is 2.65. The lowest BCUT2D eigenvalue weighted by molar-refractivity contribution is 0.216.